The van der Waals surface area contributed by atoms with E-state index in [-0.39, 0.29) is 5.56 Å². The molecule has 0 spiro atoms. The predicted molar refractivity (Wildman–Crippen MR) is 107 cm³/mol. The van der Waals surface area contributed by atoms with Crippen molar-refractivity contribution in [2.75, 3.05) is 7.11 Å². The molecule has 0 aliphatic rings. The van der Waals surface area contributed by atoms with Crippen LogP contribution in [0.5, 0.6) is 5.75 Å². The van der Waals surface area contributed by atoms with Gasteiger partial charge in [0.2, 0.25) is 0 Å². The van der Waals surface area contributed by atoms with Crippen LogP contribution < -0.4 is 10.3 Å². The van der Waals surface area contributed by atoms with E-state index in [2.05, 4.69) is 4.98 Å². The highest BCUT2D eigenvalue weighted by atomic mass is 32.1. The smallest absolute Gasteiger partial charge is 0.329 e. The summed E-state index contributed by atoms with van der Waals surface area (Å²) in [6, 6.07) is 5.79. The quantitative estimate of drug-likeness (QED) is 0.736. The van der Waals surface area contributed by atoms with Gasteiger partial charge in [0, 0.05) is 16.0 Å². The van der Waals surface area contributed by atoms with E-state index in [4.69, 9.17) is 4.74 Å². The first kappa shape index (κ1) is 19.1. The van der Waals surface area contributed by atoms with Gasteiger partial charge >= 0.3 is 5.97 Å². The Balaban J connectivity index is 2.48. The molecule has 0 atom stereocenters. The molecule has 1 N–H and O–H groups in total. The summed E-state index contributed by atoms with van der Waals surface area (Å²) in [6.07, 6.45) is 0. The van der Waals surface area contributed by atoms with Crippen LogP contribution in [0.4, 0.5) is 0 Å². The van der Waals surface area contributed by atoms with Crippen LogP contribution in [0.1, 0.15) is 30.1 Å². The number of rotatable bonds is 4. The molecule has 6 nitrogen and oxygen atoms in total. The van der Waals surface area contributed by atoms with Crippen LogP contribution in [0.2, 0.25) is 0 Å². The Labute approximate surface area is 161 Å². The summed E-state index contributed by atoms with van der Waals surface area (Å²) in [4.78, 5) is 31.3. The van der Waals surface area contributed by atoms with Crippen molar-refractivity contribution in [1.82, 2.24) is 9.55 Å². The molecule has 0 saturated carbocycles. The van der Waals surface area contributed by atoms with Crippen molar-refractivity contribution in [3.05, 3.63) is 44.8 Å². The minimum atomic E-state index is -1.41. The van der Waals surface area contributed by atoms with E-state index in [0.717, 1.165) is 21.6 Å². The highest BCUT2D eigenvalue weighted by molar-refractivity contribution is 7.19. The van der Waals surface area contributed by atoms with E-state index in [9.17, 15) is 14.7 Å². The lowest BCUT2D eigenvalue weighted by Gasteiger charge is -2.24. The third kappa shape index (κ3) is 2.92. The fourth-order valence-corrected chi connectivity index (χ4v) is 4.43. The summed E-state index contributed by atoms with van der Waals surface area (Å²) in [6.45, 7) is 8.58. The highest BCUT2D eigenvalue weighted by Gasteiger charge is 2.34. The van der Waals surface area contributed by atoms with Crippen LogP contribution in [-0.2, 0) is 10.3 Å². The van der Waals surface area contributed by atoms with Gasteiger partial charge in [0.05, 0.1) is 12.5 Å². The van der Waals surface area contributed by atoms with Gasteiger partial charge in [-0.15, -0.1) is 11.3 Å². The summed E-state index contributed by atoms with van der Waals surface area (Å²) < 4.78 is 6.77. The number of hydrogen-bond donors (Lipinski definition) is 1. The molecule has 0 fully saturated rings. The van der Waals surface area contributed by atoms with Crippen molar-refractivity contribution in [2.24, 2.45) is 0 Å². The third-order valence-electron chi connectivity index (χ3n) is 4.78. The molecule has 1 aromatic carbocycles. The van der Waals surface area contributed by atoms with Gasteiger partial charge in [0.15, 0.2) is 0 Å². The first-order chi connectivity index (χ1) is 12.6. The molecule has 0 radical (unpaired) electrons. The molecule has 2 aromatic heterocycles. The highest BCUT2D eigenvalue weighted by Crippen LogP contribution is 2.40. The van der Waals surface area contributed by atoms with Gasteiger partial charge < -0.3 is 9.84 Å². The average Bonchev–Trinajstić information content (AvgIpc) is 2.90. The fourth-order valence-electron chi connectivity index (χ4n) is 3.36. The monoisotopic (exact) mass is 386 g/mol. The standard InChI is InChI=1S/C20H22N2O4S/c1-10-7-8-14(26-6)13(9-10)15-11(2)27-17-16(15)18(23)22(12(3)21-17)20(4,5)19(24)25/h7-9H,1-6H3,(H,24,25). The zero-order chi connectivity index (χ0) is 20.1. The molecule has 0 aliphatic heterocycles. The van der Waals surface area contributed by atoms with Crippen molar-refractivity contribution in [3.63, 3.8) is 0 Å². The summed E-state index contributed by atoms with van der Waals surface area (Å²) in [7, 11) is 1.59. The molecule has 0 saturated heterocycles. The molecular formula is C20H22N2O4S. The zero-order valence-electron chi connectivity index (χ0n) is 16.2. The molecule has 3 rings (SSSR count). The zero-order valence-corrected chi connectivity index (χ0v) is 17.0. The van der Waals surface area contributed by atoms with Crippen LogP contribution in [-0.4, -0.2) is 27.7 Å². The van der Waals surface area contributed by atoms with Gasteiger partial charge in [-0.1, -0.05) is 11.6 Å². The largest absolute Gasteiger partial charge is 0.496 e. The summed E-state index contributed by atoms with van der Waals surface area (Å²) in [5.74, 6) is -0.0492. The number of carbonyl (C=O) groups is 1. The van der Waals surface area contributed by atoms with Crippen molar-refractivity contribution in [2.45, 2.75) is 40.2 Å². The Morgan fingerprint density at radius 3 is 2.52 bits per heavy atom. The van der Waals surface area contributed by atoms with E-state index in [1.807, 2.05) is 32.0 Å². The van der Waals surface area contributed by atoms with Crippen molar-refractivity contribution in [1.29, 1.82) is 0 Å². The Morgan fingerprint density at radius 2 is 1.93 bits per heavy atom. The minimum Gasteiger partial charge on any atom is -0.496 e. The van der Waals surface area contributed by atoms with E-state index >= 15 is 0 Å². The van der Waals surface area contributed by atoms with Crippen molar-refractivity contribution in [3.8, 4) is 16.9 Å². The number of benzene rings is 1. The van der Waals surface area contributed by atoms with Gasteiger partial charge in [-0.25, -0.2) is 9.78 Å². The maximum absolute atomic E-state index is 13.4. The number of nitrogens with zero attached hydrogens (tertiary/aromatic N) is 2. The second-order valence-corrected chi connectivity index (χ2v) is 8.28. The van der Waals surface area contributed by atoms with Gasteiger partial charge in [0.25, 0.3) is 5.56 Å². The second kappa shape index (κ2) is 6.49. The lowest BCUT2D eigenvalue weighted by molar-refractivity contribution is -0.145. The second-order valence-electron chi connectivity index (χ2n) is 7.08. The molecule has 0 amide bonds. The molecule has 0 unspecified atom stereocenters. The third-order valence-corrected chi connectivity index (χ3v) is 5.78. The number of hydrogen-bond acceptors (Lipinski definition) is 5. The number of aryl methyl sites for hydroxylation is 3. The number of fused-ring (bicyclic) bond motifs is 1. The Kier molecular flexibility index (Phi) is 4.59. The number of carboxylic acids is 1. The van der Waals surface area contributed by atoms with Gasteiger partial charge in [-0.2, -0.15) is 0 Å². The lowest BCUT2D eigenvalue weighted by Crippen LogP contribution is -2.44. The fraction of sp³-hybridized carbons (Fsp3) is 0.350. The molecule has 0 aliphatic carbocycles. The molecule has 2 heterocycles. The van der Waals surface area contributed by atoms with Crippen molar-refractivity contribution >= 4 is 27.5 Å². The molecular weight excluding hydrogens is 364 g/mol. The van der Waals surface area contributed by atoms with Crippen LogP contribution in [0.3, 0.4) is 0 Å². The topological polar surface area (TPSA) is 81.4 Å². The molecule has 142 valence electrons. The van der Waals surface area contributed by atoms with Crippen LogP contribution >= 0.6 is 11.3 Å². The van der Waals surface area contributed by atoms with Crippen LogP contribution in [0.25, 0.3) is 21.3 Å². The summed E-state index contributed by atoms with van der Waals surface area (Å²) in [5.41, 5.74) is 0.835. The lowest BCUT2D eigenvalue weighted by atomic mass is 9.99. The Bertz CT molecular complexity index is 1130. The number of methoxy groups -OCH3 is 1. The molecule has 3 aromatic rings. The van der Waals surface area contributed by atoms with E-state index in [1.165, 1.54) is 29.8 Å². The SMILES string of the molecule is COc1ccc(C)cc1-c1c(C)sc2nc(C)n(C(C)(C)C(=O)O)c(=O)c12. The van der Waals surface area contributed by atoms with Gasteiger partial charge in [-0.05, 0) is 46.8 Å². The Morgan fingerprint density at radius 1 is 1.26 bits per heavy atom. The summed E-state index contributed by atoms with van der Waals surface area (Å²) in [5, 5.41) is 10.1. The number of aromatic nitrogens is 2. The first-order valence-corrected chi connectivity index (χ1v) is 9.33. The van der Waals surface area contributed by atoms with E-state index in [0.29, 0.717) is 21.8 Å². The maximum atomic E-state index is 13.4. The molecule has 7 heteroatoms. The van der Waals surface area contributed by atoms with Crippen molar-refractivity contribution < 1.29 is 14.6 Å². The number of aliphatic carboxylic acids is 1. The first-order valence-electron chi connectivity index (χ1n) is 8.51. The van der Waals surface area contributed by atoms with Crippen LogP contribution in [0, 0.1) is 20.8 Å². The molecule has 27 heavy (non-hydrogen) atoms. The molecule has 0 bridgehead atoms. The normalized spacial score (nSPS) is 11.8. The number of thiophene rings is 1. The predicted octanol–water partition coefficient (Wildman–Crippen LogP) is 3.88. The van der Waals surface area contributed by atoms with Gasteiger partial charge in [-0.3, -0.25) is 9.36 Å². The number of ether oxygens (including phenoxy) is 1. The van der Waals surface area contributed by atoms with Gasteiger partial charge in [0.1, 0.15) is 21.9 Å². The van der Waals surface area contributed by atoms with E-state index in [1.54, 1.807) is 14.0 Å². The Hall–Kier alpha value is -2.67. The number of carboxylic acid groups (broad SMARTS) is 1. The van der Waals surface area contributed by atoms with Crippen LogP contribution in [0.15, 0.2) is 23.0 Å². The minimum absolute atomic E-state index is 0.354. The average molecular weight is 386 g/mol. The maximum Gasteiger partial charge on any atom is 0.329 e. The summed E-state index contributed by atoms with van der Waals surface area (Å²) >= 11 is 1.43. The van der Waals surface area contributed by atoms with E-state index < -0.39 is 11.5 Å².